The van der Waals surface area contributed by atoms with E-state index < -0.39 is 11.6 Å². The summed E-state index contributed by atoms with van der Waals surface area (Å²) in [5, 5.41) is 78.2. The first-order valence-corrected chi connectivity index (χ1v) is 24.0. The number of ketones is 2. The molecule has 0 saturated carbocycles. The van der Waals surface area contributed by atoms with Gasteiger partial charge in [0.25, 0.3) is 0 Å². The molecule has 0 spiro atoms. The molecule has 0 aliphatic heterocycles. The lowest BCUT2D eigenvalue weighted by molar-refractivity contribution is 0.103. The molecule has 2 aliphatic rings. The van der Waals surface area contributed by atoms with Gasteiger partial charge in [0, 0.05) is 54.9 Å². The highest BCUT2D eigenvalue weighted by Gasteiger charge is 2.36. The van der Waals surface area contributed by atoms with E-state index in [-0.39, 0.29) is 77.9 Å². The third-order valence-electron chi connectivity index (χ3n) is 11.7. The zero-order valence-electron chi connectivity index (χ0n) is 35.5. The van der Waals surface area contributed by atoms with Crippen molar-refractivity contribution in [2.24, 2.45) is 7.05 Å². The van der Waals surface area contributed by atoms with Gasteiger partial charge >= 0.3 is 0 Å². The van der Waals surface area contributed by atoms with Gasteiger partial charge in [-0.3, -0.25) is 9.59 Å². The molecule has 6 heterocycles. The summed E-state index contributed by atoms with van der Waals surface area (Å²) in [7, 11) is 5.12. The van der Waals surface area contributed by atoms with Gasteiger partial charge in [0.2, 0.25) is 0 Å². The molecule has 0 saturated heterocycles. The van der Waals surface area contributed by atoms with Crippen molar-refractivity contribution in [3.8, 4) is 79.6 Å². The van der Waals surface area contributed by atoms with Crippen molar-refractivity contribution in [3.63, 3.8) is 0 Å². The van der Waals surface area contributed by atoms with Crippen molar-refractivity contribution in [2.75, 3.05) is 14.2 Å². The number of aromatic nitrogens is 1. The number of nitriles is 8. The number of carbonyl (C=O) groups excluding carboxylic acids is 2. The Hall–Kier alpha value is -9.18. The minimum Gasteiger partial charge on any atom is -0.495 e. The summed E-state index contributed by atoms with van der Waals surface area (Å²) >= 11 is 7.61. The van der Waals surface area contributed by atoms with Crippen LogP contribution in [0.25, 0.3) is 72.6 Å². The molecule has 18 heteroatoms. The van der Waals surface area contributed by atoms with E-state index in [0.717, 1.165) is 49.3 Å². The molecule has 0 amide bonds. The zero-order chi connectivity index (χ0) is 48.6. The van der Waals surface area contributed by atoms with Gasteiger partial charge in [-0.15, -0.1) is 56.7 Å². The van der Waals surface area contributed by atoms with Crippen LogP contribution in [0, 0.1) is 90.6 Å². The Balaban J connectivity index is 1.01. The molecule has 0 N–H and O–H groups in total. The second-order valence-electron chi connectivity index (χ2n) is 15.1. The van der Waals surface area contributed by atoms with E-state index in [1.165, 1.54) is 46.9 Å². The first kappa shape index (κ1) is 43.7. The summed E-state index contributed by atoms with van der Waals surface area (Å²) in [5.41, 5.74) is 2.71. The third-order valence-corrected chi connectivity index (χ3v) is 17.8. The standard InChI is InChI=1S/C51H19N9O4S5/c1-60-36-12-39(48-37(63-2)10-28(65-48)8-34-42(26(18-56)19-57)30-4-22(14-52)24(16-54)6-32(30)45(34)61)67-47(36)51-44(60)50-41(69-51)13-40(68-50)49-38(64-3)11-29(66-49)9-35-43(27(20-58)21-59)31-5-23(15-53)25(17-55)7-33(31)46(35)62/h4-13H,1-3H3/b34-8-,35-9-. The summed E-state index contributed by atoms with van der Waals surface area (Å²) < 4.78 is 18.1. The van der Waals surface area contributed by atoms with Gasteiger partial charge in [-0.25, -0.2) is 0 Å². The van der Waals surface area contributed by atoms with E-state index in [0.29, 0.717) is 21.3 Å². The van der Waals surface area contributed by atoms with Gasteiger partial charge in [-0.05, 0) is 71.8 Å². The largest absolute Gasteiger partial charge is 0.495 e. The minimum absolute atomic E-state index is 0.0150. The van der Waals surface area contributed by atoms with Gasteiger partial charge < -0.3 is 14.0 Å². The summed E-state index contributed by atoms with van der Waals surface area (Å²) in [6.07, 6.45) is 3.22. The number of hydrogen-bond donors (Lipinski definition) is 0. The zero-order valence-corrected chi connectivity index (χ0v) is 39.6. The fourth-order valence-corrected chi connectivity index (χ4v) is 15.0. The number of allylic oxidation sites excluding steroid dienone is 6. The predicted octanol–water partition coefficient (Wildman–Crippen LogP) is 11.8. The van der Waals surface area contributed by atoms with Crippen molar-refractivity contribution in [1.29, 1.82) is 42.1 Å². The van der Waals surface area contributed by atoms with Crippen molar-refractivity contribution >= 4 is 121 Å². The van der Waals surface area contributed by atoms with Gasteiger partial charge in [0.1, 0.15) is 71.2 Å². The van der Waals surface area contributed by atoms with E-state index in [9.17, 15) is 51.7 Å². The van der Waals surface area contributed by atoms with Crippen LogP contribution < -0.4 is 9.47 Å². The van der Waals surface area contributed by atoms with E-state index in [1.807, 2.05) is 55.6 Å². The molecule has 0 fully saturated rings. The fraction of sp³-hybridized carbons (Fsp3) is 0.0588. The molecule has 0 unspecified atom stereocenters. The monoisotopic (exact) mass is 981 g/mol. The smallest absolute Gasteiger partial charge is 0.194 e. The minimum atomic E-state index is -0.475. The Kier molecular flexibility index (Phi) is 10.5. The predicted molar refractivity (Wildman–Crippen MR) is 264 cm³/mol. The Morgan fingerprint density at radius 1 is 0.522 bits per heavy atom. The Labute approximate surface area is 410 Å². The summed E-state index contributed by atoms with van der Waals surface area (Å²) in [5.74, 6) is 0.173. The number of carbonyl (C=O) groups is 2. The van der Waals surface area contributed by atoms with E-state index in [1.54, 1.807) is 72.5 Å². The van der Waals surface area contributed by atoms with E-state index in [2.05, 4.69) is 16.7 Å². The maximum atomic E-state index is 13.9. The molecule has 6 aromatic heterocycles. The molecule has 0 atom stereocenters. The van der Waals surface area contributed by atoms with Crippen molar-refractivity contribution < 1.29 is 19.1 Å². The number of fused-ring (bicyclic) bond motifs is 7. The van der Waals surface area contributed by atoms with Crippen LogP contribution in [0.1, 0.15) is 63.9 Å². The van der Waals surface area contributed by atoms with Crippen LogP contribution >= 0.6 is 56.7 Å². The second-order valence-corrected chi connectivity index (χ2v) is 20.4. The quantitative estimate of drug-likeness (QED) is 0.111. The molecule has 0 radical (unpaired) electrons. The van der Waals surface area contributed by atoms with Crippen LogP contribution in [0.5, 0.6) is 11.5 Å². The van der Waals surface area contributed by atoms with Crippen molar-refractivity contribution in [1.82, 2.24) is 4.57 Å². The fourth-order valence-electron chi connectivity index (χ4n) is 8.58. The lowest BCUT2D eigenvalue weighted by Crippen LogP contribution is -1.97. The van der Waals surface area contributed by atoms with Gasteiger partial charge in [-0.2, -0.15) is 42.1 Å². The first-order valence-electron chi connectivity index (χ1n) is 19.9. The SMILES string of the molecule is COc1cc(/C=C2\C(=O)c3cc(C#N)c(C#N)cc3C2=C(C#N)C#N)sc1-c1cc2c(s1)c1sc3cc(-c4sc(/C=C5\C(=O)c6cc(C#N)c(C#N)cc6C5=C(C#N)C#N)cc4OC)sc3c1n2C. The van der Waals surface area contributed by atoms with Crippen molar-refractivity contribution in [3.05, 3.63) is 125 Å². The average molecular weight is 982 g/mol. The van der Waals surface area contributed by atoms with Crippen LogP contribution in [0.15, 0.2) is 70.8 Å². The summed E-state index contributed by atoms with van der Waals surface area (Å²) in [6.45, 7) is 0. The Morgan fingerprint density at radius 2 is 0.942 bits per heavy atom. The lowest BCUT2D eigenvalue weighted by Gasteiger charge is -2.03. The second kappa shape index (κ2) is 16.6. The van der Waals surface area contributed by atoms with Gasteiger partial charge in [-0.1, -0.05) is 0 Å². The molecule has 10 rings (SSSR count). The summed E-state index contributed by atoms with van der Waals surface area (Å²) in [6, 6.07) is 28.5. The number of ether oxygens (including phenoxy) is 2. The molecule has 2 aliphatic carbocycles. The van der Waals surface area contributed by atoms with Gasteiger partial charge in [0.05, 0.1) is 81.1 Å². The van der Waals surface area contributed by atoms with Crippen LogP contribution in [-0.2, 0) is 7.05 Å². The highest BCUT2D eigenvalue weighted by atomic mass is 32.1. The number of thiophene rings is 5. The summed E-state index contributed by atoms with van der Waals surface area (Å²) in [4.78, 5) is 32.5. The molecule has 322 valence electrons. The number of benzene rings is 2. The van der Waals surface area contributed by atoms with E-state index in [4.69, 9.17) is 9.47 Å². The molecule has 69 heavy (non-hydrogen) atoms. The molecule has 8 aromatic rings. The Bertz CT molecular complexity index is 4230. The number of Topliss-reactive ketones (excluding diaryl/α,β-unsaturated/α-hetero) is 2. The lowest BCUT2D eigenvalue weighted by atomic mass is 9.96. The number of nitrogens with zero attached hydrogens (tertiary/aromatic N) is 9. The van der Waals surface area contributed by atoms with Crippen LogP contribution in [-0.4, -0.2) is 30.4 Å². The topological polar surface area (TPSA) is 248 Å². The first-order chi connectivity index (χ1) is 33.5. The van der Waals surface area contributed by atoms with E-state index >= 15 is 0 Å². The third kappa shape index (κ3) is 6.51. The maximum Gasteiger partial charge on any atom is 0.194 e. The number of hydrogen-bond acceptors (Lipinski definition) is 17. The normalized spacial score (nSPS) is 13.7. The van der Waals surface area contributed by atoms with Crippen molar-refractivity contribution in [2.45, 2.75) is 0 Å². The van der Waals surface area contributed by atoms with Crippen LogP contribution in [0.3, 0.4) is 0 Å². The maximum absolute atomic E-state index is 13.9. The van der Waals surface area contributed by atoms with Gasteiger partial charge in [0.15, 0.2) is 11.6 Å². The molecular weight excluding hydrogens is 963 g/mol. The average Bonchev–Trinajstić information content (AvgIpc) is 4.26. The number of rotatable bonds is 6. The highest BCUT2D eigenvalue weighted by molar-refractivity contribution is 7.37. The number of methoxy groups -OCH3 is 2. The molecule has 13 nitrogen and oxygen atoms in total. The highest BCUT2D eigenvalue weighted by Crippen LogP contribution is 2.54. The number of aryl methyl sites for hydroxylation is 1. The van der Waals surface area contributed by atoms with Crippen LogP contribution in [0.4, 0.5) is 0 Å². The molecule has 0 bridgehead atoms. The molecular formula is C51H19N9O4S5. The molecule has 2 aromatic carbocycles. The van der Waals surface area contributed by atoms with Crippen LogP contribution in [0.2, 0.25) is 0 Å². The Morgan fingerprint density at radius 3 is 1.36 bits per heavy atom.